The molecule has 2 heterocycles. The number of ether oxygens (including phenoxy) is 2. The van der Waals surface area contributed by atoms with E-state index in [2.05, 4.69) is 31.0 Å². The van der Waals surface area contributed by atoms with Crippen LogP contribution < -0.4 is 20.7 Å². The summed E-state index contributed by atoms with van der Waals surface area (Å²) < 4.78 is 11.6. The fourth-order valence-corrected chi connectivity index (χ4v) is 3.94. The first-order chi connectivity index (χ1) is 18.1. The van der Waals surface area contributed by atoms with E-state index in [9.17, 15) is 9.59 Å². The Morgan fingerprint density at radius 1 is 1.08 bits per heavy atom. The van der Waals surface area contributed by atoms with Crippen molar-refractivity contribution in [2.75, 3.05) is 51.3 Å². The van der Waals surface area contributed by atoms with E-state index in [0.29, 0.717) is 36.8 Å². The van der Waals surface area contributed by atoms with Gasteiger partial charge >= 0.3 is 6.03 Å². The second-order valence-corrected chi connectivity index (χ2v) is 8.74. The van der Waals surface area contributed by atoms with Crippen LogP contribution in [0.2, 0.25) is 0 Å². The Labute approximate surface area is 216 Å². The third-order valence-electron chi connectivity index (χ3n) is 6.01. The van der Waals surface area contributed by atoms with Crippen LogP contribution in [-0.2, 0) is 11.3 Å². The van der Waals surface area contributed by atoms with E-state index in [0.717, 1.165) is 56.0 Å². The zero-order chi connectivity index (χ0) is 25.9. The summed E-state index contributed by atoms with van der Waals surface area (Å²) in [5, 5.41) is 15.1. The Morgan fingerprint density at radius 2 is 1.89 bits per heavy atom. The molecular weight excluding hydrogens is 472 g/mol. The Balaban J connectivity index is 1.48. The lowest BCUT2D eigenvalue weighted by Gasteiger charge is -2.26. The van der Waals surface area contributed by atoms with Gasteiger partial charge in [-0.1, -0.05) is 31.2 Å². The average molecular weight is 507 g/mol. The first-order valence-electron chi connectivity index (χ1n) is 12.6. The fraction of sp³-hybridized carbons (Fsp3) is 0.370. The predicted molar refractivity (Wildman–Crippen MR) is 142 cm³/mol. The monoisotopic (exact) mass is 506 g/mol. The molecule has 4 N–H and O–H groups in total. The molecule has 1 aliphatic heterocycles. The van der Waals surface area contributed by atoms with Crippen LogP contribution >= 0.6 is 0 Å². The van der Waals surface area contributed by atoms with Crippen LogP contribution in [0.1, 0.15) is 29.3 Å². The minimum absolute atomic E-state index is 0.183. The molecule has 0 aliphatic carbocycles. The Morgan fingerprint density at radius 3 is 2.62 bits per heavy atom. The number of aromatic nitrogens is 2. The highest BCUT2D eigenvalue weighted by atomic mass is 16.5. The number of carbonyl (C=O) groups is 2. The lowest BCUT2D eigenvalue weighted by Crippen LogP contribution is -2.38. The fourth-order valence-electron chi connectivity index (χ4n) is 3.94. The molecule has 0 radical (unpaired) electrons. The number of hydrogen-bond donors (Lipinski definition) is 4. The zero-order valence-electron chi connectivity index (χ0n) is 21.1. The van der Waals surface area contributed by atoms with E-state index in [1.165, 1.54) is 0 Å². The highest BCUT2D eigenvalue weighted by Gasteiger charge is 2.15. The molecule has 3 aromatic rings. The summed E-state index contributed by atoms with van der Waals surface area (Å²) in [6.07, 6.45) is 2.47. The van der Waals surface area contributed by atoms with E-state index in [-0.39, 0.29) is 11.9 Å². The summed E-state index contributed by atoms with van der Waals surface area (Å²) >= 11 is 0. The van der Waals surface area contributed by atoms with Crippen molar-refractivity contribution in [1.29, 1.82) is 0 Å². The number of anilines is 1. The topological polar surface area (TPSA) is 121 Å². The van der Waals surface area contributed by atoms with Crippen molar-refractivity contribution < 1.29 is 19.1 Å². The first-order valence-corrected chi connectivity index (χ1v) is 12.6. The number of benzene rings is 2. The van der Waals surface area contributed by atoms with Gasteiger partial charge in [0.1, 0.15) is 18.2 Å². The van der Waals surface area contributed by atoms with Crippen molar-refractivity contribution >= 4 is 17.8 Å². The summed E-state index contributed by atoms with van der Waals surface area (Å²) in [6.45, 7) is 7.69. The third-order valence-corrected chi connectivity index (χ3v) is 6.01. The van der Waals surface area contributed by atoms with Gasteiger partial charge in [0.05, 0.1) is 19.4 Å². The maximum Gasteiger partial charge on any atom is 0.315 e. The molecule has 10 heteroatoms. The minimum Gasteiger partial charge on any atom is -0.492 e. The zero-order valence-corrected chi connectivity index (χ0v) is 21.1. The molecule has 0 unspecified atom stereocenters. The molecule has 2 aromatic carbocycles. The summed E-state index contributed by atoms with van der Waals surface area (Å²) in [5.41, 5.74) is 3.21. The van der Waals surface area contributed by atoms with Crippen molar-refractivity contribution in [3.05, 3.63) is 65.9 Å². The molecule has 0 bridgehead atoms. The molecule has 196 valence electrons. The number of H-pyrrole nitrogens is 1. The van der Waals surface area contributed by atoms with Gasteiger partial charge in [0.25, 0.3) is 5.91 Å². The molecule has 0 saturated carbocycles. The van der Waals surface area contributed by atoms with Crippen LogP contribution in [0.4, 0.5) is 10.6 Å². The first kappa shape index (κ1) is 26.2. The van der Waals surface area contributed by atoms with Crippen LogP contribution in [0, 0.1) is 0 Å². The smallest absolute Gasteiger partial charge is 0.315 e. The lowest BCUT2D eigenvalue weighted by atomic mass is 10.00. The summed E-state index contributed by atoms with van der Waals surface area (Å²) in [5.74, 6) is 0.984. The van der Waals surface area contributed by atoms with Crippen LogP contribution in [0.25, 0.3) is 11.1 Å². The molecule has 0 atom stereocenters. The van der Waals surface area contributed by atoms with Crippen molar-refractivity contribution in [2.24, 2.45) is 0 Å². The van der Waals surface area contributed by atoms with Crippen molar-refractivity contribution in [2.45, 2.75) is 19.9 Å². The second-order valence-electron chi connectivity index (χ2n) is 8.74. The van der Waals surface area contributed by atoms with Gasteiger partial charge in [-0.3, -0.25) is 14.8 Å². The molecule has 3 amide bonds. The molecule has 4 rings (SSSR count). The molecule has 1 fully saturated rings. The van der Waals surface area contributed by atoms with E-state index >= 15 is 0 Å². The number of amides is 3. The van der Waals surface area contributed by atoms with Gasteiger partial charge < -0.3 is 25.4 Å². The summed E-state index contributed by atoms with van der Waals surface area (Å²) in [4.78, 5) is 27.0. The van der Waals surface area contributed by atoms with E-state index in [4.69, 9.17) is 9.47 Å². The maximum atomic E-state index is 12.8. The van der Waals surface area contributed by atoms with Gasteiger partial charge in [-0.05, 0) is 35.7 Å². The van der Waals surface area contributed by atoms with E-state index in [1.54, 1.807) is 18.3 Å². The molecule has 1 saturated heterocycles. The number of nitrogens with one attached hydrogen (secondary N) is 4. The SMILES string of the molecule is CCCNC(=O)NCc1ccc(-c2cc(C(=O)Nc3ccn[nH]3)ccc2OCCN2CCOCC2)cc1. The summed E-state index contributed by atoms with van der Waals surface area (Å²) in [6, 6.07) is 14.8. The van der Waals surface area contributed by atoms with Crippen LogP contribution in [0.3, 0.4) is 0 Å². The number of carbonyl (C=O) groups excluding carboxylic acids is 2. The van der Waals surface area contributed by atoms with Crippen LogP contribution in [0.15, 0.2) is 54.7 Å². The number of nitrogens with zero attached hydrogens (tertiary/aromatic N) is 2. The minimum atomic E-state index is -0.246. The maximum absolute atomic E-state index is 12.8. The number of hydrogen-bond acceptors (Lipinski definition) is 6. The standard InChI is InChI=1S/C27H34N6O4/c1-2-10-28-27(35)29-19-20-3-5-21(6-4-20)23-18-22(26(34)31-25-9-11-30-32-25)7-8-24(23)37-17-14-33-12-15-36-16-13-33/h3-9,11,18H,2,10,12-17,19H2,1H3,(H2,28,29,35)(H2,30,31,32,34). The van der Waals surface area contributed by atoms with Crippen LogP contribution in [-0.4, -0.2) is 73.0 Å². The molecule has 10 nitrogen and oxygen atoms in total. The van der Waals surface area contributed by atoms with Gasteiger partial charge in [-0.15, -0.1) is 0 Å². The second kappa shape index (κ2) is 13.4. The van der Waals surface area contributed by atoms with Crippen molar-refractivity contribution in [3.8, 4) is 16.9 Å². The molecule has 37 heavy (non-hydrogen) atoms. The number of morpholine rings is 1. The molecule has 0 spiro atoms. The van der Waals surface area contributed by atoms with E-state index in [1.807, 2.05) is 43.3 Å². The molecular formula is C27H34N6O4. The largest absolute Gasteiger partial charge is 0.492 e. The van der Waals surface area contributed by atoms with Gasteiger partial charge in [0.15, 0.2) is 0 Å². The van der Waals surface area contributed by atoms with Gasteiger partial charge in [-0.25, -0.2) is 4.79 Å². The summed E-state index contributed by atoms with van der Waals surface area (Å²) in [7, 11) is 0. The van der Waals surface area contributed by atoms with Gasteiger partial charge in [0.2, 0.25) is 0 Å². The van der Waals surface area contributed by atoms with E-state index < -0.39 is 0 Å². The van der Waals surface area contributed by atoms with Crippen molar-refractivity contribution in [3.63, 3.8) is 0 Å². The number of rotatable bonds is 11. The average Bonchev–Trinajstić information content (AvgIpc) is 3.45. The highest BCUT2D eigenvalue weighted by molar-refractivity contribution is 6.04. The lowest BCUT2D eigenvalue weighted by molar-refractivity contribution is 0.0323. The highest BCUT2D eigenvalue weighted by Crippen LogP contribution is 2.32. The quantitative estimate of drug-likeness (QED) is 0.317. The Hall–Kier alpha value is -3.89. The third kappa shape index (κ3) is 7.80. The van der Waals surface area contributed by atoms with Crippen LogP contribution in [0.5, 0.6) is 5.75 Å². The molecule has 1 aromatic heterocycles. The Kier molecular flexibility index (Phi) is 9.50. The number of aromatic amines is 1. The van der Waals surface area contributed by atoms with Gasteiger partial charge in [-0.2, -0.15) is 5.10 Å². The Bertz CT molecular complexity index is 1140. The predicted octanol–water partition coefficient (Wildman–Crippen LogP) is 3.25. The number of urea groups is 1. The van der Waals surface area contributed by atoms with Gasteiger partial charge in [0, 0.05) is 49.9 Å². The normalized spacial score (nSPS) is 13.6. The van der Waals surface area contributed by atoms with Crippen molar-refractivity contribution in [1.82, 2.24) is 25.7 Å². The molecule has 1 aliphatic rings.